The van der Waals surface area contributed by atoms with Crippen LogP contribution in [0.1, 0.15) is 38.7 Å². The summed E-state index contributed by atoms with van der Waals surface area (Å²) in [6.45, 7) is 6.03. The van der Waals surface area contributed by atoms with Gasteiger partial charge in [-0.1, -0.05) is 19.1 Å². The number of benzene rings is 1. The molecule has 2 N–H and O–H groups in total. The molecule has 1 rings (SSSR count). The van der Waals surface area contributed by atoms with Gasteiger partial charge in [0.25, 0.3) is 0 Å². The van der Waals surface area contributed by atoms with Gasteiger partial charge in [-0.05, 0) is 38.0 Å². The molecule has 0 aliphatic carbocycles. The molecule has 3 heteroatoms. The highest BCUT2D eigenvalue weighted by Gasteiger charge is 2.16. The number of nitrogens with one attached hydrogen (secondary N) is 1. The number of carboxylic acids is 1. The van der Waals surface area contributed by atoms with Crippen LogP contribution in [0.2, 0.25) is 0 Å². The van der Waals surface area contributed by atoms with E-state index < -0.39 is 11.9 Å². The summed E-state index contributed by atoms with van der Waals surface area (Å²) in [6.07, 6.45) is 0.617. The van der Waals surface area contributed by atoms with E-state index in [9.17, 15) is 4.79 Å². The Kier molecular flexibility index (Phi) is 4.35. The number of anilines is 1. The lowest BCUT2D eigenvalue weighted by molar-refractivity contribution is -0.138. The highest BCUT2D eigenvalue weighted by molar-refractivity contribution is 5.76. The maximum atomic E-state index is 11.0. The molecular weight excluding hydrogens is 202 g/mol. The van der Waals surface area contributed by atoms with Crippen molar-refractivity contribution < 1.29 is 9.90 Å². The van der Waals surface area contributed by atoms with Crippen LogP contribution in [0.15, 0.2) is 24.3 Å². The molecule has 1 aromatic carbocycles. The molecule has 0 bridgehead atoms. The van der Waals surface area contributed by atoms with E-state index in [4.69, 9.17) is 5.11 Å². The predicted octanol–water partition coefficient (Wildman–Crippen LogP) is 3.09. The number of carboxylic acid groups (broad SMARTS) is 1. The summed E-state index contributed by atoms with van der Waals surface area (Å²) in [5.74, 6) is -1.15. The second kappa shape index (κ2) is 5.54. The smallest absolute Gasteiger partial charge is 0.310 e. The van der Waals surface area contributed by atoms with Gasteiger partial charge in [-0.15, -0.1) is 0 Å². The van der Waals surface area contributed by atoms with Crippen molar-refractivity contribution in [1.29, 1.82) is 0 Å². The Labute approximate surface area is 96.5 Å². The lowest BCUT2D eigenvalue weighted by Crippen LogP contribution is -2.12. The molecule has 0 saturated carbocycles. The summed E-state index contributed by atoms with van der Waals surface area (Å²) in [7, 11) is 0. The third-order valence-electron chi connectivity index (χ3n) is 2.47. The van der Waals surface area contributed by atoms with Crippen molar-refractivity contribution >= 4 is 11.7 Å². The number of aliphatic carboxylic acids is 1. The molecule has 0 amide bonds. The summed E-state index contributed by atoms with van der Waals surface area (Å²) < 4.78 is 0. The third kappa shape index (κ3) is 3.26. The van der Waals surface area contributed by atoms with E-state index in [1.165, 1.54) is 0 Å². The van der Waals surface area contributed by atoms with Crippen LogP contribution in [0.5, 0.6) is 0 Å². The van der Waals surface area contributed by atoms with Crippen molar-refractivity contribution in [3.8, 4) is 0 Å². The van der Waals surface area contributed by atoms with Gasteiger partial charge < -0.3 is 10.4 Å². The Morgan fingerprint density at radius 3 is 2.25 bits per heavy atom. The second-order valence-corrected chi connectivity index (χ2v) is 4.22. The van der Waals surface area contributed by atoms with Crippen LogP contribution < -0.4 is 5.32 Å². The van der Waals surface area contributed by atoms with Crippen LogP contribution >= 0.6 is 0 Å². The molecule has 88 valence electrons. The van der Waals surface area contributed by atoms with Crippen molar-refractivity contribution in [3.63, 3.8) is 0 Å². The highest BCUT2D eigenvalue weighted by Crippen LogP contribution is 2.21. The van der Waals surface area contributed by atoms with E-state index in [0.717, 1.165) is 11.3 Å². The first-order chi connectivity index (χ1) is 7.54. The van der Waals surface area contributed by atoms with Gasteiger partial charge in [0.15, 0.2) is 0 Å². The predicted molar refractivity (Wildman–Crippen MR) is 65.9 cm³/mol. The summed E-state index contributed by atoms with van der Waals surface area (Å²) in [5, 5.41) is 12.3. The fourth-order valence-corrected chi connectivity index (χ4v) is 1.70. The zero-order valence-corrected chi connectivity index (χ0v) is 10.0. The molecule has 1 unspecified atom stereocenters. The molecule has 0 saturated heterocycles. The molecule has 0 heterocycles. The van der Waals surface area contributed by atoms with Gasteiger partial charge in [0.05, 0.1) is 5.92 Å². The first kappa shape index (κ1) is 12.6. The zero-order chi connectivity index (χ0) is 12.1. The average molecular weight is 221 g/mol. The number of rotatable bonds is 5. The quantitative estimate of drug-likeness (QED) is 0.803. The molecule has 0 fully saturated rings. The number of hydrogen-bond donors (Lipinski definition) is 2. The van der Waals surface area contributed by atoms with Crippen molar-refractivity contribution in [2.24, 2.45) is 0 Å². The topological polar surface area (TPSA) is 49.3 Å². The maximum Gasteiger partial charge on any atom is 0.310 e. The number of carbonyl (C=O) groups is 1. The monoisotopic (exact) mass is 221 g/mol. The van der Waals surface area contributed by atoms with E-state index in [0.29, 0.717) is 12.5 Å². The molecule has 1 atom stereocenters. The molecule has 0 aliphatic rings. The lowest BCUT2D eigenvalue weighted by Gasteiger charge is -2.13. The van der Waals surface area contributed by atoms with E-state index in [2.05, 4.69) is 19.2 Å². The minimum atomic E-state index is -0.757. The summed E-state index contributed by atoms with van der Waals surface area (Å²) in [5.41, 5.74) is 1.89. The average Bonchev–Trinajstić information content (AvgIpc) is 2.20. The summed E-state index contributed by atoms with van der Waals surface area (Å²) >= 11 is 0. The summed E-state index contributed by atoms with van der Waals surface area (Å²) in [4.78, 5) is 11.0. The Morgan fingerprint density at radius 1 is 1.31 bits per heavy atom. The molecule has 0 spiro atoms. The molecule has 0 aliphatic heterocycles. The largest absolute Gasteiger partial charge is 0.481 e. The van der Waals surface area contributed by atoms with Crippen molar-refractivity contribution in [2.75, 3.05) is 5.32 Å². The van der Waals surface area contributed by atoms with Gasteiger partial charge in [0.2, 0.25) is 0 Å². The second-order valence-electron chi connectivity index (χ2n) is 4.22. The normalized spacial score (nSPS) is 12.5. The van der Waals surface area contributed by atoms with Gasteiger partial charge in [-0.3, -0.25) is 4.79 Å². The Balaban J connectivity index is 2.81. The van der Waals surface area contributed by atoms with Crippen LogP contribution in [-0.4, -0.2) is 17.1 Å². The number of hydrogen-bond acceptors (Lipinski definition) is 2. The van der Waals surface area contributed by atoms with E-state index in [1.807, 2.05) is 31.2 Å². The van der Waals surface area contributed by atoms with Crippen molar-refractivity contribution in [3.05, 3.63) is 29.8 Å². The molecule has 0 radical (unpaired) electrons. The maximum absolute atomic E-state index is 11.0. The standard InChI is InChI=1S/C13H19NO2/c1-4-12(13(15)16)10-5-7-11(8-6-10)14-9(2)3/h5-9,12,14H,4H2,1-3H3,(H,15,16). The van der Waals surface area contributed by atoms with Crippen molar-refractivity contribution in [2.45, 2.75) is 39.2 Å². The first-order valence-corrected chi connectivity index (χ1v) is 5.64. The minimum absolute atomic E-state index is 0.382. The fraction of sp³-hybridized carbons (Fsp3) is 0.462. The highest BCUT2D eigenvalue weighted by atomic mass is 16.4. The zero-order valence-electron chi connectivity index (χ0n) is 10.0. The van der Waals surface area contributed by atoms with Crippen LogP contribution in [0.4, 0.5) is 5.69 Å². The first-order valence-electron chi connectivity index (χ1n) is 5.64. The van der Waals surface area contributed by atoms with Gasteiger partial charge in [0.1, 0.15) is 0 Å². The molecular formula is C13H19NO2. The van der Waals surface area contributed by atoms with Gasteiger partial charge >= 0.3 is 5.97 Å². The van der Waals surface area contributed by atoms with E-state index >= 15 is 0 Å². The van der Waals surface area contributed by atoms with Crippen LogP contribution in [0, 0.1) is 0 Å². The SMILES string of the molecule is CCC(C(=O)O)c1ccc(NC(C)C)cc1. The Bertz CT molecular complexity index is 343. The van der Waals surface area contributed by atoms with Crippen LogP contribution in [0.3, 0.4) is 0 Å². The van der Waals surface area contributed by atoms with Gasteiger partial charge in [0, 0.05) is 11.7 Å². The Morgan fingerprint density at radius 2 is 1.88 bits per heavy atom. The van der Waals surface area contributed by atoms with Crippen LogP contribution in [0.25, 0.3) is 0 Å². The Hall–Kier alpha value is -1.51. The molecule has 16 heavy (non-hydrogen) atoms. The van der Waals surface area contributed by atoms with E-state index in [1.54, 1.807) is 0 Å². The molecule has 3 nitrogen and oxygen atoms in total. The van der Waals surface area contributed by atoms with Gasteiger partial charge in [-0.2, -0.15) is 0 Å². The van der Waals surface area contributed by atoms with Crippen molar-refractivity contribution in [1.82, 2.24) is 0 Å². The molecule has 0 aromatic heterocycles. The van der Waals surface area contributed by atoms with Crippen LogP contribution in [-0.2, 0) is 4.79 Å². The summed E-state index contributed by atoms with van der Waals surface area (Å²) in [6, 6.07) is 8.01. The van der Waals surface area contributed by atoms with Gasteiger partial charge in [-0.25, -0.2) is 0 Å². The molecule has 1 aromatic rings. The lowest BCUT2D eigenvalue weighted by atomic mass is 9.96. The fourth-order valence-electron chi connectivity index (χ4n) is 1.70. The van der Waals surface area contributed by atoms with E-state index in [-0.39, 0.29) is 0 Å². The third-order valence-corrected chi connectivity index (χ3v) is 2.47. The minimum Gasteiger partial charge on any atom is -0.481 e.